The van der Waals surface area contributed by atoms with Gasteiger partial charge >= 0.3 is 0 Å². The maximum absolute atomic E-state index is 12.1. The number of amides is 1. The summed E-state index contributed by atoms with van der Waals surface area (Å²) in [6.07, 6.45) is 0.540. The van der Waals surface area contributed by atoms with Crippen LogP contribution in [-0.4, -0.2) is 44.1 Å². The van der Waals surface area contributed by atoms with Gasteiger partial charge in [-0.15, -0.1) is 0 Å². The van der Waals surface area contributed by atoms with Crippen molar-refractivity contribution in [3.8, 4) is 0 Å². The minimum atomic E-state index is 0.0820. The number of nitrogens with one attached hydrogen (secondary N) is 2. The molecule has 1 aromatic carbocycles. The Labute approximate surface area is 125 Å². The molecule has 1 atom stereocenters. The lowest BCUT2D eigenvalue weighted by Gasteiger charge is -2.22. The lowest BCUT2D eigenvalue weighted by molar-refractivity contribution is -0.116. The van der Waals surface area contributed by atoms with Gasteiger partial charge in [0.1, 0.15) is 0 Å². The summed E-state index contributed by atoms with van der Waals surface area (Å²) in [6, 6.07) is 6.33. The molecule has 0 bridgehead atoms. The molecule has 1 fully saturated rings. The zero-order valence-corrected chi connectivity index (χ0v) is 13.2. The molecule has 0 aliphatic carbocycles. The van der Waals surface area contributed by atoms with Crippen LogP contribution < -0.4 is 15.5 Å². The predicted molar refractivity (Wildman–Crippen MR) is 87.9 cm³/mol. The number of aryl methyl sites for hydroxylation is 1. The number of hydrogen-bond acceptors (Lipinski definition) is 4. The van der Waals surface area contributed by atoms with Crippen molar-refractivity contribution >= 4 is 29.0 Å². The maximum Gasteiger partial charge on any atom is 0.225 e. The summed E-state index contributed by atoms with van der Waals surface area (Å²) >= 11 is 1.91. The Morgan fingerprint density at radius 3 is 2.95 bits per heavy atom. The Hall–Kier alpha value is -1.20. The Kier molecular flexibility index (Phi) is 5.31. The van der Waals surface area contributed by atoms with Crippen LogP contribution in [0.3, 0.4) is 0 Å². The summed E-state index contributed by atoms with van der Waals surface area (Å²) in [5.41, 5.74) is 3.21. The Bertz CT molecular complexity index is 470. The first kappa shape index (κ1) is 15.2. The SMILES string of the molecule is Cc1ccc(NC(=O)CC2CSCCN2)cc1N(C)C. The fourth-order valence-corrected chi connectivity index (χ4v) is 3.30. The van der Waals surface area contributed by atoms with E-state index in [1.807, 2.05) is 44.1 Å². The second kappa shape index (κ2) is 6.99. The first-order valence-electron chi connectivity index (χ1n) is 6.95. The molecule has 1 unspecified atom stereocenters. The van der Waals surface area contributed by atoms with Gasteiger partial charge < -0.3 is 15.5 Å². The standard InChI is InChI=1S/C15H23N3OS/c1-11-4-5-12(8-14(11)18(2)3)17-15(19)9-13-10-20-7-6-16-13/h4-5,8,13,16H,6-7,9-10H2,1-3H3,(H,17,19). The van der Waals surface area contributed by atoms with Crippen molar-refractivity contribution in [3.63, 3.8) is 0 Å². The van der Waals surface area contributed by atoms with Crippen LogP contribution in [0.15, 0.2) is 18.2 Å². The topological polar surface area (TPSA) is 44.4 Å². The van der Waals surface area contributed by atoms with Crippen molar-refractivity contribution in [2.45, 2.75) is 19.4 Å². The molecule has 20 heavy (non-hydrogen) atoms. The van der Waals surface area contributed by atoms with E-state index in [4.69, 9.17) is 0 Å². The second-order valence-electron chi connectivity index (χ2n) is 5.37. The summed E-state index contributed by atoms with van der Waals surface area (Å²) in [5.74, 6) is 2.24. The van der Waals surface area contributed by atoms with E-state index in [2.05, 4.69) is 22.5 Å². The molecule has 4 nitrogen and oxygen atoms in total. The van der Waals surface area contributed by atoms with E-state index in [1.54, 1.807) is 0 Å². The van der Waals surface area contributed by atoms with Crippen LogP contribution in [0.25, 0.3) is 0 Å². The molecule has 5 heteroatoms. The van der Waals surface area contributed by atoms with Gasteiger partial charge in [0.25, 0.3) is 0 Å². The van der Waals surface area contributed by atoms with Crippen LogP contribution in [-0.2, 0) is 4.79 Å². The smallest absolute Gasteiger partial charge is 0.225 e. The molecule has 1 aliphatic rings. The minimum absolute atomic E-state index is 0.0820. The van der Waals surface area contributed by atoms with E-state index in [0.29, 0.717) is 12.5 Å². The monoisotopic (exact) mass is 293 g/mol. The van der Waals surface area contributed by atoms with Gasteiger partial charge in [-0.3, -0.25) is 4.79 Å². The number of anilines is 2. The highest BCUT2D eigenvalue weighted by atomic mass is 32.2. The number of rotatable bonds is 4. The summed E-state index contributed by atoms with van der Waals surface area (Å²) < 4.78 is 0. The molecule has 0 spiro atoms. The van der Waals surface area contributed by atoms with Crippen LogP contribution in [0, 0.1) is 6.92 Å². The molecule has 1 aliphatic heterocycles. The van der Waals surface area contributed by atoms with E-state index in [9.17, 15) is 4.79 Å². The quantitative estimate of drug-likeness (QED) is 0.892. The average molecular weight is 293 g/mol. The molecule has 1 heterocycles. The van der Waals surface area contributed by atoms with Crippen molar-refractivity contribution in [2.75, 3.05) is 42.4 Å². The predicted octanol–water partition coefficient (Wildman–Crippen LogP) is 2.09. The highest BCUT2D eigenvalue weighted by Gasteiger charge is 2.16. The summed E-state index contributed by atoms with van der Waals surface area (Å²) in [6.45, 7) is 3.07. The first-order chi connectivity index (χ1) is 9.56. The Morgan fingerprint density at radius 1 is 1.50 bits per heavy atom. The molecule has 0 aromatic heterocycles. The first-order valence-corrected chi connectivity index (χ1v) is 8.10. The van der Waals surface area contributed by atoms with Crippen LogP contribution in [0.5, 0.6) is 0 Å². The van der Waals surface area contributed by atoms with Gasteiger partial charge in [-0.2, -0.15) is 11.8 Å². The van der Waals surface area contributed by atoms with E-state index in [1.165, 1.54) is 5.56 Å². The number of carbonyl (C=O) groups is 1. The van der Waals surface area contributed by atoms with E-state index >= 15 is 0 Å². The Morgan fingerprint density at radius 2 is 2.30 bits per heavy atom. The van der Waals surface area contributed by atoms with Crippen molar-refractivity contribution in [2.24, 2.45) is 0 Å². The zero-order chi connectivity index (χ0) is 14.5. The number of carbonyl (C=O) groups excluding carboxylic acids is 1. The second-order valence-corrected chi connectivity index (χ2v) is 6.52. The minimum Gasteiger partial charge on any atom is -0.377 e. The van der Waals surface area contributed by atoms with Crippen LogP contribution in [0.4, 0.5) is 11.4 Å². The Balaban J connectivity index is 1.95. The van der Waals surface area contributed by atoms with Crippen molar-refractivity contribution < 1.29 is 4.79 Å². The molecular formula is C15H23N3OS. The van der Waals surface area contributed by atoms with E-state index in [-0.39, 0.29) is 5.91 Å². The average Bonchev–Trinajstić information content (AvgIpc) is 2.41. The molecule has 0 radical (unpaired) electrons. The van der Waals surface area contributed by atoms with Gasteiger partial charge in [0.15, 0.2) is 0 Å². The molecule has 2 N–H and O–H groups in total. The van der Waals surface area contributed by atoms with Gasteiger partial charge in [0.2, 0.25) is 5.91 Å². The van der Waals surface area contributed by atoms with Gasteiger partial charge in [0, 0.05) is 56.0 Å². The van der Waals surface area contributed by atoms with Crippen molar-refractivity contribution in [3.05, 3.63) is 23.8 Å². The molecule has 1 amide bonds. The number of nitrogens with zero attached hydrogens (tertiary/aromatic N) is 1. The lowest BCUT2D eigenvalue weighted by Crippen LogP contribution is -2.39. The molecule has 110 valence electrons. The van der Waals surface area contributed by atoms with Gasteiger partial charge in [0.05, 0.1) is 0 Å². The van der Waals surface area contributed by atoms with E-state index in [0.717, 1.165) is 29.4 Å². The normalized spacial score (nSPS) is 18.6. The third kappa shape index (κ3) is 4.15. The fourth-order valence-electron chi connectivity index (χ4n) is 2.36. The maximum atomic E-state index is 12.1. The van der Waals surface area contributed by atoms with Crippen LogP contribution >= 0.6 is 11.8 Å². The third-order valence-electron chi connectivity index (χ3n) is 3.40. The highest BCUT2D eigenvalue weighted by molar-refractivity contribution is 7.99. The molecule has 1 aromatic rings. The summed E-state index contributed by atoms with van der Waals surface area (Å²) in [5, 5.41) is 6.38. The van der Waals surface area contributed by atoms with Crippen molar-refractivity contribution in [1.29, 1.82) is 0 Å². The third-order valence-corrected chi connectivity index (χ3v) is 4.54. The molecule has 1 saturated heterocycles. The van der Waals surface area contributed by atoms with Crippen LogP contribution in [0.2, 0.25) is 0 Å². The zero-order valence-electron chi connectivity index (χ0n) is 12.4. The van der Waals surface area contributed by atoms with Gasteiger partial charge in [-0.25, -0.2) is 0 Å². The highest BCUT2D eigenvalue weighted by Crippen LogP contribution is 2.22. The van der Waals surface area contributed by atoms with E-state index < -0.39 is 0 Å². The van der Waals surface area contributed by atoms with Gasteiger partial charge in [-0.05, 0) is 24.6 Å². The summed E-state index contributed by atoms with van der Waals surface area (Å²) in [7, 11) is 4.02. The fraction of sp³-hybridized carbons (Fsp3) is 0.533. The van der Waals surface area contributed by atoms with Crippen molar-refractivity contribution in [1.82, 2.24) is 5.32 Å². The molecule has 0 saturated carbocycles. The molecular weight excluding hydrogens is 270 g/mol. The molecule has 2 rings (SSSR count). The lowest BCUT2D eigenvalue weighted by atomic mass is 10.1. The van der Waals surface area contributed by atoms with Gasteiger partial charge in [-0.1, -0.05) is 6.07 Å². The summed E-state index contributed by atoms with van der Waals surface area (Å²) in [4.78, 5) is 14.1. The number of thioether (sulfide) groups is 1. The number of hydrogen-bond donors (Lipinski definition) is 2. The van der Waals surface area contributed by atoms with Crippen LogP contribution in [0.1, 0.15) is 12.0 Å². The largest absolute Gasteiger partial charge is 0.377 e. The number of benzene rings is 1.